The Morgan fingerprint density at radius 1 is 1.21 bits per heavy atom. The number of anilines is 1. The highest BCUT2D eigenvalue weighted by atomic mass is 16.3. The maximum Gasteiger partial charge on any atom is 0.291 e. The molecule has 0 saturated carbocycles. The summed E-state index contributed by atoms with van der Waals surface area (Å²) in [6.07, 6.45) is 2.55. The molecule has 3 heterocycles. The maximum absolute atomic E-state index is 12.2. The summed E-state index contributed by atoms with van der Waals surface area (Å²) in [5.74, 6) is 1.14. The highest BCUT2D eigenvalue weighted by Crippen LogP contribution is 2.23. The van der Waals surface area contributed by atoms with E-state index < -0.39 is 0 Å². The molecule has 0 unspecified atom stereocenters. The monoisotopic (exact) mass is 381 g/mol. The molecule has 148 valence electrons. The molecule has 1 aliphatic rings. The van der Waals surface area contributed by atoms with Crippen molar-refractivity contribution in [1.29, 1.82) is 0 Å². The average molecular weight is 381 g/mol. The number of rotatable bonds is 6. The van der Waals surface area contributed by atoms with Gasteiger partial charge in [0.1, 0.15) is 5.82 Å². The second-order valence-corrected chi connectivity index (χ2v) is 7.39. The summed E-state index contributed by atoms with van der Waals surface area (Å²) in [5, 5.41) is 2.89. The summed E-state index contributed by atoms with van der Waals surface area (Å²) in [7, 11) is 2.17. The third kappa shape index (κ3) is 3.95. The number of carbonyl (C=O) groups excluding carboxylic acids is 1. The first-order valence-corrected chi connectivity index (χ1v) is 9.89. The average Bonchev–Trinajstić information content (AvgIpc) is 3.33. The number of likely N-dealkylation sites (N-methyl/N-ethyl adjacent to an activating group) is 1. The van der Waals surface area contributed by atoms with Crippen molar-refractivity contribution in [1.82, 2.24) is 19.4 Å². The van der Waals surface area contributed by atoms with Crippen molar-refractivity contribution in [3.63, 3.8) is 0 Å². The van der Waals surface area contributed by atoms with E-state index in [9.17, 15) is 4.79 Å². The van der Waals surface area contributed by atoms with Gasteiger partial charge in [-0.15, -0.1) is 0 Å². The van der Waals surface area contributed by atoms with Gasteiger partial charge in [0.2, 0.25) is 0 Å². The Hall–Kier alpha value is -2.64. The predicted molar refractivity (Wildman–Crippen MR) is 109 cm³/mol. The molecule has 1 aliphatic heterocycles. The normalized spacial score (nSPS) is 15.9. The lowest BCUT2D eigenvalue weighted by Gasteiger charge is -2.32. The molecular weight excluding hydrogens is 354 g/mol. The molecule has 1 saturated heterocycles. The van der Waals surface area contributed by atoms with Crippen molar-refractivity contribution in [2.45, 2.75) is 26.4 Å². The highest BCUT2D eigenvalue weighted by molar-refractivity contribution is 6.03. The third-order valence-corrected chi connectivity index (χ3v) is 5.24. The fourth-order valence-electron chi connectivity index (χ4n) is 3.66. The molecule has 28 heavy (non-hydrogen) atoms. The quantitative estimate of drug-likeness (QED) is 0.711. The largest absolute Gasteiger partial charge is 0.459 e. The Labute approximate surface area is 164 Å². The number of hydrogen-bond donors (Lipinski definition) is 1. The van der Waals surface area contributed by atoms with Crippen molar-refractivity contribution in [2.75, 3.05) is 38.5 Å². The lowest BCUT2D eigenvalue weighted by Crippen LogP contribution is -2.44. The van der Waals surface area contributed by atoms with Crippen LogP contribution < -0.4 is 5.32 Å². The summed E-state index contributed by atoms with van der Waals surface area (Å²) in [4.78, 5) is 22.0. The highest BCUT2D eigenvalue weighted by Gasteiger charge is 2.18. The number of hydrogen-bond acceptors (Lipinski definition) is 5. The van der Waals surface area contributed by atoms with Gasteiger partial charge in [-0.3, -0.25) is 9.69 Å². The molecule has 0 bridgehead atoms. The van der Waals surface area contributed by atoms with Gasteiger partial charge in [0.25, 0.3) is 5.91 Å². The third-order valence-electron chi connectivity index (χ3n) is 5.24. The molecule has 7 nitrogen and oxygen atoms in total. The van der Waals surface area contributed by atoms with Gasteiger partial charge in [0.15, 0.2) is 5.76 Å². The summed E-state index contributed by atoms with van der Waals surface area (Å²) in [6.45, 7) is 8.30. The zero-order chi connectivity index (χ0) is 19.5. The van der Waals surface area contributed by atoms with Crippen molar-refractivity contribution in [3.05, 3.63) is 48.2 Å². The van der Waals surface area contributed by atoms with E-state index >= 15 is 0 Å². The van der Waals surface area contributed by atoms with Gasteiger partial charge in [0.05, 0.1) is 23.8 Å². The van der Waals surface area contributed by atoms with Crippen molar-refractivity contribution in [2.24, 2.45) is 0 Å². The Balaban J connectivity index is 1.57. The number of fused-ring (bicyclic) bond motifs is 1. The summed E-state index contributed by atoms with van der Waals surface area (Å²) in [6, 6.07) is 9.27. The van der Waals surface area contributed by atoms with E-state index in [1.165, 1.54) is 6.26 Å². The van der Waals surface area contributed by atoms with Crippen LogP contribution in [-0.2, 0) is 13.1 Å². The van der Waals surface area contributed by atoms with Crippen molar-refractivity contribution < 1.29 is 9.21 Å². The van der Waals surface area contributed by atoms with E-state index in [1.54, 1.807) is 12.1 Å². The van der Waals surface area contributed by atoms with Gasteiger partial charge in [-0.1, -0.05) is 6.92 Å². The fourth-order valence-corrected chi connectivity index (χ4v) is 3.66. The molecule has 1 aromatic carbocycles. The Morgan fingerprint density at radius 3 is 2.75 bits per heavy atom. The summed E-state index contributed by atoms with van der Waals surface area (Å²) in [5.41, 5.74) is 2.75. The number of aromatic nitrogens is 2. The minimum Gasteiger partial charge on any atom is -0.459 e. The number of nitrogens with one attached hydrogen (secondary N) is 1. The summed E-state index contributed by atoms with van der Waals surface area (Å²) < 4.78 is 7.47. The van der Waals surface area contributed by atoms with E-state index in [2.05, 4.69) is 33.7 Å². The molecule has 3 aromatic rings. The number of amides is 1. The number of carbonyl (C=O) groups is 1. The second kappa shape index (κ2) is 8.16. The van der Waals surface area contributed by atoms with Crippen LogP contribution in [0.15, 0.2) is 41.0 Å². The van der Waals surface area contributed by atoms with Crippen LogP contribution in [0.25, 0.3) is 11.0 Å². The van der Waals surface area contributed by atoms with Gasteiger partial charge in [-0.2, -0.15) is 0 Å². The fraction of sp³-hybridized carbons (Fsp3) is 0.429. The Bertz CT molecular complexity index is 939. The minimum atomic E-state index is -0.255. The van der Waals surface area contributed by atoms with Crippen LogP contribution in [0, 0.1) is 0 Å². The van der Waals surface area contributed by atoms with Gasteiger partial charge >= 0.3 is 0 Å². The molecule has 1 N–H and O–H groups in total. The number of benzene rings is 1. The number of nitrogens with zero attached hydrogens (tertiary/aromatic N) is 4. The number of furan rings is 1. The zero-order valence-corrected chi connectivity index (χ0v) is 16.5. The van der Waals surface area contributed by atoms with Crippen molar-refractivity contribution >= 4 is 22.6 Å². The first-order valence-electron chi connectivity index (χ1n) is 9.89. The topological polar surface area (TPSA) is 66.5 Å². The van der Waals surface area contributed by atoms with Crippen LogP contribution >= 0.6 is 0 Å². The lowest BCUT2D eigenvalue weighted by molar-refractivity contribution is 0.0996. The van der Waals surface area contributed by atoms with Crippen LogP contribution in [0.2, 0.25) is 0 Å². The predicted octanol–water partition coefficient (Wildman–Crippen LogP) is 3.04. The molecule has 0 aliphatic carbocycles. The van der Waals surface area contributed by atoms with Gasteiger partial charge in [0, 0.05) is 38.4 Å². The minimum absolute atomic E-state index is 0.255. The van der Waals surface area contributed by atoms with Gasteiger partial charge < -0.3 is 19.2 Å². The van der Waals surface area contributed by atoms with E-state index in [0.29, 0.717) is 5.76 Å². The smallest absolute Gasteiger partial charge is 0.291 e. The standard InChI is InChI=1S/C21H27N5O2/c1-3-8-26-18-7-6-16(22-21(27)19-5-4-13-28-19)14-17(18)23-20(26)15-25-11-9-24(2)10-12-25/h4-7,13-14H,3,8-12,15H2,1-2H3,(H,22,27). The SMILES string of the molecule is CCCn1c(CN2CCN(C)CC2)nc2cc(NC(=O)c3ccco3)ccc21. The molecule has 4 rings (SSSR count). The Morgan fingerprint density at radius 2 is 2.04 bits per heavy atom. The van der Waals surface area contributed by atoms with Crippen LogP contribution in [0.5, 0.6) is 0 Å². The molecule has 0 spiro atoms. The molecule has 0 atom stereocenters. The van der Waals surface area contributed by atoms with Crippen LogP contribution in [0.4, 0.5) is 5.69 Å². The molecule has 1 amide bonds. The number of aryl methyl sites for hydroxylation is 1. The van der Waals surface area contributed by atoms with Gasteiger partial charge in [-0.05, 0) is 43.8 Å². The van der Waals surface area contributed by atoms with Crippen LogP contribution in [0.3, 0.4) is 0 Å². The molecule has 7 heteroatoms. The van der Waals surface area contributed by atoms with Gasteiger partial charge in [-0.25, -0.2) is 4.98 Å². The van der Waals surface area contributed by atoms with E-state index in [-0.39, 0.29) is 5.91 Å². The van der Waals surface area contributed by atoms with Crippen LogP contribution in [-0.4, -0.2) is 58.5 Å². The summed E-state index contributed by atoms with van der Waals surface area (Å²) >= 11 is 0. The number of piperazine rings is 1. The maximum atomic E-state index is 12.2. The van der Waals surface area contributed by atoms with Crippen LogP contribution in [0.1, 0.15) is 29.7 Å². The Kier molecular flexibility index (Phi) is 5.45. The van der Waals surface area contributed by atoms with Crippen molar-refractivity contribution in [3.8, 4) is 0 Å². The van der Waals surface area contributed by atoms with E-state index in [0.717, 1.165) is 68.2 Å². The molecule has 0 radical (unpaired) electrons. The molecule has 2 aromatic heterocycles. The molecule has 1 fully saturated rings. The first kappa shape index (κ1) is 18.7. The second-order valence-electron chi connectivity index (χ2n) is 7.39. The van der Waals surface area contributed by atoms with E-state index in [4.69, 9.17) is 9.40 Å². The number of imidazole rings is 1. The molecular formula is C21H27N5O2. The lowest BCUT2D eigenvalue weighted by atomic mass is 10.2. The van der Waals surface area contributed by atoms with E-state index in [1.807, 2.05) is 18.2 Å². The zero-order valence-electron chi connectivity index (χ0n) is 16.5. The first-order chi connectivity index (χ1) is 13.6.